The van der Waals surface area contributed by atoms with Gasteiger partial charge in [0.25, 0.3) is 5.91 Å². The molecular formula is C16H20ClN5O2. The Morgan fingerprint density at radius 2 is 2.17 bits per heavy atom. The van der Waals surface area contributed by atoms with Crippen LogP contribution in [0.1, 0.15) is 34.2 Å². The van der Waals surface area contributed by atoms with Crippen molar-refractivity contribution in [3.8, 4) is 0 Å². The van der Waals surface area contributed by atoms with Crippen molar-refractivity contribution < 1.29 is 9.59 Å². The summed E-state index contributed by atoms with van der Waals surface area (Å²) < 4.78 is 0. The second-order valence-corrected chi connectivity index (χ2v) is 5.52. The number of nitrogens with one attached hydrogen (secondary N) is 4. The largest absolute Gasteiger partial charge is 0.347 e. The van der Waals surface area contributed by atoms with Crippen LogP contribution in [0, 0.1) is 0 Å². The summed E-state index contributed by atoms with van der Waals surface area (Å²) in [5.41, 5.74) is 4.05. The lowest BCUT2D eigenvalue weighted by Gasteiger charge is -2.13. The van der Waals surface area contributed by atoms with E-state index in [0.29, 0.717) is 24.5 Å². The molecule has 1 aromatic carbocycles. The molecule has 0 radical (unpaired) electrons. The first kappa shape index (κ1) is 18.0. The van der Waals surface area contributed by atoms with Gasteiger partial charge >= 0.3 is 0 Å². The van der Waals surface area contributed by atoms with Crippen LogP contribution in [0.3, 0.4) is 0 Å². The molecular weight excluding hydrogens is 330 g/mol. The van der Waals surface area contributed by atoms with Gasteiger partial charge in [0.2, 0.25) is 5.91 Å². The van der Waals surface area contributed by atoms with Crippen LogP contribution in [0.15, 0.2) is 24.3 Å². The molecule has 7 nitrogen and oxygen atoms in total. The average Bonchev–Trinajstić information content (AvgIpc) is 2.96. The van der Waals surface area contributed by atoms with Crippen molar-refractivity contribution in [2.45, 2.75) is 26.4 Å². The van der Waals surface area contributed by atoms with Crippen LogP contribution in [0.5, 0.6) is 0 Å². The van der Waals surface area contributed by atoms with Crippen molar-refractivity contribution in [2.24, 2.45) is 0 Å². The molecule has 2 heterocycles. The summed E-state index contributed by atoms with van der Waals surface area (Å²) in [5, 5.41) is 15.9. The first-order chi connectivity index (χ1) is 11.1. The van der Waals surface area contributed by atoms with E-state index in [0.717, 1.165) is 29.8 Å². The number of amides is 2. The Hall–Kier alpha value is -2.38. The Morgan fingerprint density at radius 1 is 1.33 bits per heavy atom. The number of halogens is 1. The molecule has 24 heavy (non-hydrogen) atoms. The Balaban J connectivity index is 0.00000208. The van der Waals surface area contributed by atoms with Gasteiger partial charge in [-0.3, -0.25) is 14.7 Å². The van der Waals surface area contributed by atoms with Gasteiger partial charge in [-0.1, -0.05) is 12.1 Å². The standard InChI is InChI=1S/C16H19N5O2.ClH/c1-10(22)19-12-4-2-3-11(7-12)8-18-16(23)15-13-9-17-6-5-14(13)20-21-15;/h2-4,7,17H,5-6,8-9H2,1H3,(H,18,23)(H,19,22)(H,20,21);1H. The molecule has 0 saturated carbocycles. The summed E-state index contributed by atoms with van der Waals surface area (Å²) in [5.74, 6) is -0.321. The van der Waals surface area contributed by atoms with Crippen LogP contribution in [-0.4, -0.2) is 28.6 Å². The minimum Gasteiger partial charge on any atom is -0.347 e. The first-order valence-electron chi connectivity index (χ1n) is 7.55. The van der Waals surface area contributed by atoms with Gasteiger partial charge in [0.1, 0.15) is 0 Å². The number of fused-ring (bicyclic) bond motifs is 1. The van der Waals surface area contributed by atoms with E-state index >= 15 is 0 Å². The lowest BCUT2D eigenvalue weighted by Crippen LogP contribution is -2.28. The number of H-pyrrole nitrogens is 1. The SMILES string of the molecule is CC(=O)Nc1cccc(CNC(=O)c2n[nH]c3c2CNCC3)c1.Cl. The molecule has 0 bridgehead atoms. The average molecular weight is 350 g/mol. The lowest BCUT2D eigenvalue weighted by molar-refractivity contribution is -0.114. The zero-order chi connectivity index (χ0) is 16.2. The maximum atomic E-state index is 12.3. The van der Waals surface area contributed by atoms with Crippen LogP contribution < -0.4 is 16.0 Å². The Bertz CT molecular complexity index is 744. The highest BCUT2D eigenvalue weighted by atomic mass is 35.5. The van der Waals surface area contributed by atoms with Crippen molar-refractivity contribution in [2.75, 3.05) is 11.9 Å². The van der Waals surface area contributed by atoms with Gasteiger partial charge in [-0.15, -0.1) is 12.4 Å². The Kier molecular flexibility index (Phi) is 5.94. The fourth-order valence-corrected chi connectivity index (χ4v) is 2.64. The maximum absolute atomic E-state index is 12.3. The van der Waals surface area contributed by atoms with Crippen molar-refractivity contribution in [1.82, 2.24) is 20.8 Å². The molecule has 0 atom stereocenters. The summed E-state index contributed by atoms with van der Waals surface area (Å²) in [6, 6.07) is 7.38. The van der Waals surface area contributed by atoms with Gasteiger partial charge in [-0.2, -0.15) is 5.10 Å². The minimum absolute atomic E-state index is 0. The topological polar surface area (TPSA) is 98.9 Å². The van der Waals surface area contributed by atoms with Crippen LogP contribution in [0.25, 0.3) is 0 Å². The molecule has 0 fully saturated rings. The molecule has 3 rings (SSSR count). The minimum atomic E-state index is -0.198. The third-order valence-electron chi connectivity index (χ3n) is 3.72. The number of benzene rings is 1. The van der Waals surface area contributed by atoms with E-state index in [4.69, 9.17) is 0 Å². The number of hydrogen-bond acceptors (Lipinski definition) is 4. The normalized spacial score (nSPS) is 12.7. The number of hydrogen-bond donors (Lipinski definition) is 4. The van der Waals surface area contributed by atoms with Gasteiger partial charge in [0.15, 0.2) is 5.69 Å². The Labute approximate surface area is 146 Å². The fraction of sp³-hybridized carbons (Fsp3) is 0.312. The Morgan fingerprint density at radius 3 is 2.96 bits per heavy atom. The van der Waals surface area contributed by atoms with Gasteiger partial charge in [-0.25, -0.2) is 0 Å². The van der Waals surface area contributed by atoms with Gasteiger partial charge < -0.3 is 16.0 Å². The molecule has 0 unspecified atom stereocenters. The molecule has 2 aromatic rings. The number of aromatic nitrogens is 2. The van der Waals surface area contributed by atoms with Crippen molar-refractivity contribution in [3.63, 3.8) is 0 Å². The van der Waals surface area contributed by atoms with Crippen LogP contribution in [0.4, 0.5) is 5.69 Å². The number of carbonyl (C=O) groups is 2. The predicted molar refractivity (Wildman–Crippen MR) is 93.2 cm³/mol. The van der Waals surface area contributed by atoms with Crippen LogP contribution >= 0.6 is 12.4 Å². The molecule has 4 N–H and O–H groups in total. The number of carbonyl (C=O) groups excluding carboxylic acids is 2. The summed E-state index contributed by atoms with van der Waals surface area (Å²) >= 11 is 0. The summed E-state index contributed by atoms with van der Waals surface area (Å²) in [7, 11) is 0. The van der Waals surface area contributed by atoms with Crippen molar-refractivity contribution >= 4 is 29.9 Å². The monoisotopic (exact) mass is 349 g/mol. The molecule has 0 spiro atoms. The second kappa shape index (κ2) is 7.94. The van der Waals surface area contributed by atoms with Crippen molar-refractivity contribution in [1.29, 1.82) is 0 Å². The highest BCUT2D eigenvalue weighted by Crippen LogP contribution is 2.15. The first-order valence-corrected chi connectivity index (χ1v) is 7.55. The van der Waals surface area contributed by atoms with E-state index in [1.807, 2.05) is 24.3 Å². The van der Waals surface area contributed by atoms with Gasteiger partial charge in [0, 0.05) is 49.9 Å². The van der Waals surface area contributed by atoms with Gasteiger partial charge in [-0.05, 0) is 17.7 Å². The number of rotatable bonds is 4. The summed E-state index contributed by atoms with van der Waals surface area (Å²) in [6.45, 7) is 3.39. The van der Waals surface area contributed by atoms with Crippen LogP contribution in [-0.2, 0) is 24.3 Å². The maximum Gasteiger partial charge on any atom is 0.272 e. The molecule has 1 aliphatic rings. The van der Waals surface area contributed by atoms with Crippen LogP contribution in [0.2, 0.25) is 0 Å². The number of nitrogens with zero attached hydrogens (tertiary/aromatic N) is 1. The van der Waals surface area contributed by atoms with Gasteiger partial charge in [0.05, 0.1) is 0 Å². The number of anilines is 1. The third-order valence-corrected chi connectivity index (χ3v) is 3.72. The second-order valence-electron chi connectivity index (χ2n) is 5.52. The fourth-order valence-electron chi connectivity index (χ4n) is 2.64. The smallest absolute Gasteiger partial charge is 0.272 e. The zero-order valence-corrected chi connectivity index (χ0v) is 14.1. The molecule has 1 aromatic heterocycles. The quantitative estimate of drug-likeness (QED) is 0.670. The highest BCUT2D eigenvalue weighted by molar-refractivity contribution is 5.94. The molecule has 0 saturated heterocycles. The van der Waals surface area contributed by atoms with E-state index in [2.05, 4.69) is 26.1 Å². The molecule has 8 heteroatoms. The summed E-state index contributed by atoms with van der Waals surface area (Å²) in [6.07, 6.45) is 0.856. The van der Waals surface area contributed by atoms with Crippen molar-refractivity contribution in [3.05, 3.63) is 46.8 Å². The van der Waals surface area contributed by atoms with E-state index < -0.39 is 0 Å². The number of aromatic amines is 1. The van der Waals surface area contributed by atoms with E-state index in [1.165, 1.54) is 6.92 Å². The zero-order valence-electron chi connectivity index (χ0n) is 13.3. The molecule has 1 aliphatic heterocycles. The summed E-state index contributed by atoms with van der Waals surface area (Å²) in [4.78, 5) is 23.4. The van der Waals surface area contributed by atoms with E-state index in [1.54, 1.807) is 0 Å². The molecule has 128 valence electrons. The third kappa shape index (κ3) is 4.12. The highest BCUT2D eigenvalue weighted by Gasteiger charge is 2.21. The predicted octanol–water partition coefficient (Wildman–Crippen LogP) is 1.37. The lowest BCUT2D eigenvalue weighted by atomic mass is 10.1. The van der Waals surface area contributed by atoms with E-state index in [9.17, 15) is 9.59 Å². The molecule has 0 aliphatic carbocycles. The molecule has 2 amide bonds. The van der Waals surface area contributed by atoms with E-state index in [-0.39, 0.29) is 24.2 Å².